The van der Waals surface area contributed by atoms with Crippen molar-refractivity contribution in [1.29, 1.82) is 5.26 Å². The van der Waals surface area contributed by atoms with Crippen LogP contribution in [0.15, 0.2) is 42.2 Å². The molecule has 3 aromatic rings. The van der Waals surface area contributed by atoms with Gasteiger partial charge in [0.05, 0.1) is 17.5 Å². The van der Waals surface area contributed by atoms with Crippen LogP contribution in [0.2, 0.25) is 0 Å². The third-order valence-corrected chi connectivity index (χ3v) is 4.83. The maximum atomic E-state index is 9.63. The second-order valence-electron chi connectivity index (χ2n) is 6.17. The predicted molar refractivity (Wildman–Crippen MR) is 102 cm³/mol. The van der Waals surface area contributed by atoms with Crippen LogP contribution in [0.25, 0.3) is 0 Å². The van der Waals surface area contributed by atoms with Crippen LogP contribution in [-0.4, -0.2) is 26.5 Å². The van der Waals surface area contributed by atoms with E-state index in [1.54, 1.807) is 18.5 Å². The molecule has 1 unspecified atom stereocenters. The summed E-state index contributed by atoms with van der Waals surface area (Å²) in [5, 5.41) is 15.6. The molecular weight excluding hydrogens is 344 g/mol. The molecule has 0 aliphatic rings. The van der Waals surface area contributed by atoms with Crippen LogP contribution in [0.5, 0.6) is 0 Å². The van der Waals surface area contributed by atoms with Gasteiger partial charge in [-0.15, -0.1) is 11.3 Å². The summed E-state index contributed by atoms with van der Waals surface area (Å²) in [6, 6.07) is 8.05. The second kappa shape index (κ2) is 8.50. The Labute approximate surface area is 157 Å². The van der Waals surface area contributed by atoms with Gasteiger partial charge < -0.3 is 5.32 Å². The Kier molecular flexibility index (Phi) is 5.87. The highest BCUT2D eigenvalue weighted by atomic mass is 32.1. The normalized spacial score (nSPS) is 11.9. The van der Waals surface area contributed by atoms with Crippen LogP contribution in [0, 0.1) is 11.3 Å². The minimum Gasteiger partial charge on any atom is -0.354 e. The van der Waals surface area contributed by atoms with Gasteiger partial charge in [-0.05, 0) is 30.0 Å². The average Bonchev–Trinajstić information content (AvgIpc) is 3.14. The van der Waals surface area contributed by atoms with E-state index in [1.165, 1.54) is 11.3 Å². The zero-order valence-corrected chi connectivity index (χ0v) is 15.6. The Morgan fingerprint density at radius 2 is 2.08 bits per heavy atom. The smallest absolute Gasteiger partial charge is 0.222 e. The lowest BCUT2D eigenvalue weighted by molar-refractivity contribution is 0.815. The van der Waals surface area contributed by atoms with Crippen molar-refractivity contribution in [2.24, 2.45) is 0 Å². The monoisotopic (exact) mass is 364 g/mol. The molecule has 0 aromatic carbocycles. The van der Waals surface area contributed by atoms with E-state index in [4.69, 9.17) is 0 Å². The summed E-state index contributed by atoms with van der Waals surface area (Å²) in [6.45, 7) is 4.88. The van der Waals surface area contributed by atoms with Crippen molar-refractivity contribution in [1.82, 2.24) is 19.9 Å². The molecule has 132 valence electrons. The first-order chi connectivity index (χ1) is 12.7. The molecule has 0 aliphatic carbocycles. The van der Waals surface area contributed by atoms with E-state index in [-0.39, 0.29) is 0 Å². The second-order valence-corrected chi connectivity index (χ2v) is 7.06. The summed E-state index contributed by atoms with van der Waals surface area (Å²) >= 11 is 1.51. The number of nitrogens with one attached hydrogen (secondary N) is 1. The van der Waals surface area contributed by atoms with Crippen molar-refractivity contribution in [3.05, 3.63) is 64.1 Å². The standard InChI is InChI=1S/C19H20N6S/c1-13(2)17-12-26-18(24-17)15(10-20)16-6-9-23-19(25-16)22-8-5-14-4-3-7-21-11-14/h3-4,6-7,9,11-13,15H,5,8H2,1-2H3,(H,22,23,25). The number of thiazole rings is 1. The third kappa shape index (κ3) is 4.41. The highest BCUT2D eigenvalue weighted by molar-refractivity contribution is 7.09. The predicted octanol–water partition coefficient (Wildman–Crippen LogP) is 3.76. The first kappa shape index (κ1) is 18.0. The molecule has 1 N–H and O–H groups in total. The molecule has 3 heterocycles. The third-order valence-electron chi connectivity index (χ3n) is 3.90. The summed E-state index contributed by atoms with van der Waals surface area (Å²) < 4.78 is 0. The molecule has 0 bridgehead atoms. The van der Waals surface area contributed by atoms with Gasteiger partial charge in [-0.2, -0.15) is 5.26 Å². The van der Waals surface area contributed by atoms with Gasteiger partial charge in [-0.1, -0.05) is 19.9 Å². The van der Waals surface area contributed by atoms with Crippen molar-refractivity contribution < 1.29 is 0 Å². The molecule has 0 spiro atoms. The number of aromatic nitrogens is 4. The van der Waals surface area contributed by atoms with Crippen molar-refractivity contribution in [3.63, 3.8) is 0 Å². The zero-order chi connectivity index (χ0) is 18.4. The van der Waals surface area contributed by atoms with Crippen molar-refractivity contribution >= 4 is 17.3 Å². The molecule has 0 aliphatic heterocycles. The van der Waals surface area contributed by atoms with E-state index in [2.05, 4.69) is 45.2 Å². The molecule has 3 aromatic heterocycles. The summed E-state index contributed by atoms with van der Waals surface area (Å²) in [7, 11) is 0. The molecule has 6 nitrogen and oxygen atoms in total. The SMILES string of the molecule is CC(C)c1csc(C(C#N)c2ccnc(NCCc3cccnc3)n2)n1. The van der Waals surface area contributed by atoms with Gasteiger partial charge in [0.15, 0.2) is 0 Å². The van der Waals surface area contributed by atoms with E-state index < -0.39 is 5.92 Å². The minimum atomic E-state index is -0.477. The van der Waals surface area contributed by atoms with E-state index in [9.17, 15) is 5.26 Å². The Balaban J connectivity index is 1.69. The van der Waals surface area contributed by atoms with Crippen LogP contribution in [0.4, 0.5) is 5.95 Å². The highest BCUT2D eigenvalue weighted by Gasteiger charge is 2.20. The summed E-state index contributed by atoms with van der Waals surface area (Å²) in [6.07, 6.45) is 6.11. The summed E-state index contributed by atoms with van der Waals surface area (Å²) in [4.78, 5) is 17.5. The van der Waals surface area contributed by atoms with Crippen LogP contribution < -0.4 is 5.32 Å². The fourth-order valence-electron chi connectivity index (χ4n) is 2.43. The van der Waals surface area contributed by atoms with Gasteiger partial charge in [0.2, 0.25) is 5.95 Å². The van der Waals surface area contributed by atoms with Gasteiger partial charge in [0.25, 0.3) is 0 Å². The zero-order valence-electron chi connectivity index (χ0n) is 14.8. The fraction of sp³-hybridized carbons (Fsp3) is 0.316. The summed E-state index contributed by atoms with van der Waals surface area (Å²) in [5.41, 5.74) is 2.82. The molecule has 3 rings (SSSR count). The Bertz CT molecular complexity index is 884. The minimum absolute atomic E-state index is 0.342. The first-order valence-corrected chi connectivity index (χ1v) is 9.36. The molecule has 26 heavy (non-hydrogen) atoms. The lowest BCUT2D eigenvalue weighted by Gasteiger charge is -2.09. The van der Waals surface area contributed by atoms with Gasteiger partial charge in [0, 0.05) is 30.5 Å². The lowest BCUT2D eigenvalue weighted by atomic mass is 10.1. The van der Waals surface area contributed by atoms with Gasteiger partial charge in [-0.25, -0.2) is 15.0 Å². The molecule has 7 heteroatoms. The maximum Gasteiger partial charge on any atom is 0.222 e. The Hall–Kier alpha value is -2.85. The van der Waals surface area contributed by atoms with Gasteiger partial charge in [0.1, 0.15) is 10.9 Å². The van der Waals surface area contributed by atoms with Gasteiger partial charge >= 0.3 is 0 Å². The Morgan fingerprint density at radius 1 is 1.19 bits per heavy atom. The molecule has 0 radical (unpaired) electrons. The van der Waals surface area contributed by atoms with Crippen LogP contribution in [-0.2, 0) is 6.42 Å². The number of pyridine rings is 1. The molecule has 0 fully saturated rings. The fourth-order valence-corrected chi connectivity index (χ4v) is 3.46. The number of anilines is 1. The largest absolute Gasteiger partial charge is 0.354 e. The van der Waals surface area contributed by atoms with Crippen molar-refractivity contribution in [3.8, 4) is 6.07 Å². The van der Waals surface area contributed by atoms with Gasteiger partial charge in [-0.3, -0.25) is 4.98 Å². The quantitative estimate of drug-likeness (QED) is 0.687. The highest BCUT2D eigenvalue weighted by Crippen LogP contribution is 2.28. The number of hydrogen-bond donors (Lipinski definition) is 1. The van der Waals surface area contributed by atoms with Crippen molar-refractivity contribution in [2.75, 3.05) is 11.9 Å². The first-order valence-electron chi connectivity index (χ1n) is 8.48. The Morgan fingerprint density at radius 3 is 2.77 bits per heavy atom. The maximum absolute atomic E-state index is 9.63. The van der Waals surface area contributed by atoms with E-state index in [0.717, 1.165) is 22.7 Å². The molecule has 0 saturated carbocycles. The average molecular weight is 364 g/mol. The van der Waals surface area contributed by atoms with Crippen LogP contribution in [0.1, 0.15) is 47.6 Å². The van der Waals surface area contributed by atoms with E-state index >= 15 is 0 Å². The molecular formula is C19H20N6S. The number of nitriles is 1. The van der Waals surface area contributed by atoms with Crippen molar-refractivity contribution in [2.45, 2.75) is 32.1 Å². The van der Waals surface area contributed by atoms with E-state index in [1.807, 2.05) is 23.7 Å². The molecule has 0 saturated heterocycles. The summed E-state index contributed by atoms with van der Waals surface area (Å²) in [5.74, 6) is 0.385. The molecule has 1 atom stereocenters. The van der Waals surface area contributed by atoms with E-state index in [0.29, 0.717) is 24.1 Å². The number of rotatable bonds is 7. The number of nitrogens with zero attached hydrogens (tertiary/aromatic N) is 5. The molecule has 0 amide bonds. The van der Waals surface area contributed by atoms with Crippen LogP contribution >= 0.6 is 11.3 Å². The topological polar surface area (TPSA) is 87.4 Å². The lowest BCUT2D eigenvalue weighted by Crippen LogP contribution is -2.10. The van der Waals surface area contributed by atoms with Crippen LogP contribution in [0.3, 0.4) is 0 Å². The number of hydrogen-bond acceptors (Lipinski definition) is 7.